The number of rotatable bonds is 3. The van der Waals surface area contributed by atoms with E-state index in [0.717, 1.165) is 36.1 Å². The van der Waals surface area contributed by atoms with Crippen LogP contribution >= 0.6 is 11.6 Å². The zero-order chi connectivity index (χ0) is 17.4. The molecule has 0 amide bonds. The van der Waals surface area contributed by atoms with Crippen LogP contribution < -0.4 is 5.32 Å². The molecule has 6 nitrogen and oxygen atoms in total. The van der Waals surface area contributed by atoms with Crippen LogP contribution in [0.1, 0.15) is 6.42 Å². The Hall–Kier alpha value is -2.44. The summed E-state index contributed by atoms with van der Waals surface area (Å²) in [7, 11) is 2.11. The number of likely N-dealkylation sites (N-methyl/N-ethyl adjacent to an activating group) is 1. The van der Waals surface area contributed by atoms with E-state index in [1.807, 2.05) is 6.07 Å². The summed E-state index contributed by atoms with van der Waals surface area (Å²) in [6.07, 6.45) is 4.56. The molecule has 0 saturated carbocycles. The monoisotopic (exact) mass is 355 g/mol. The van der Waals surface area contributed by atoms with E-state index in [-0.39, 0.29) is 5.75 Å². The van der Waals surface area contributed by atoms with Crippen LogP contribution in [0.25, 0.3) is 22.0 Å². The van der Waals surface area contributed by atoms with Crippen molar-refractivity contribution in [3.63, 3.8) is 0 Å². The molecule has 0 aliphatic carbocycles. The standard InChI is InChI=1S/C18H18ClN5O/c1-24-7-5-12(10-24)21-18-15-9-20-6-4-13(15)17(22-23-18)14-3-2-11(19)8-16(14)25/h2-4,6,8-9,12,25H,5,7,10H2,1H3,(H,21,23)/t12-/m0/s1. The van der Waals surface area contributed by atoms with Crippen molar-refractivity contribution in [1.82, 2.24) is 20.1 Å². The van der Waals surface area contributed by atoms with Gasteiger partial charge in [-0.15, -0.1) is 10.2 Å². The molecule has 128 valence electrons. The van der Waals surface area contributed by atoms with Gasteiger partial charge < -0.3 is 15.3 Å². The average molecular weight is 356 g/mol. The summed E-state index contributed by atoms with van der Waals surface area (Å²) < 4.78 is 0. The van der Waals surface area contributed by atoms with Crippen LogP contribution in [0.3, 0.4) is 0 Å². The summed E-state index contributed by atoms with van der Waals surface area (Å²) in [6, 6.07) is 7.22. The first-order valence-electron chi connectivity index (χ1n) is 8.16. The molecule has 2 aromatic heterocycles. The Bertz CT molecular complexity index is 932. The quantitative estimate of drug-likeness (QED) is 0.751. The molecule has 0 bridgehead atoms. The molecule has 1 aliphatic heterocycles. The molecular weight excluding hydrogens is 338 g/mol. The van der Waals surface area contributed by atoms with Crippen molar-refractivity contribution in [3.05, 3.63) is 41.7 Å². The Balaban J connectivity index is 1.79. The lowest BCUT2D eigenvalue weighted by Crippen LogP contribution is -2.24. The Morgan fingerprint density at radius 2 is 2.12 bits per heavy atom. The summed E-state index contributed by atoms with van der Waals surface area (Å²) in [6.45, 7) is 2.04. The third kappa shape index (κ3) is 3.10. The van der Waals surface area contributed by atoms with Gasteiger partial charge in [0.15, 0.2) is 5.82 Å². The molecule has 1 aromatic carbocycles. The summed E-state index contributed by atoms with van der Waals surface area (Å²) in [4.78, 5) is 6.52. The summed E-state index contributed by atoms with van der Waals surface area (Å²) in [5.74, 6) is 0.804. The van der Waals surface area contributed by atoms with E-state index >= 15 is 0 Å². The van der Waals surface area contributed by atoms with Crippen LogP contribution in [-0.4, -0.2) is 51.4 Å². The Kier molecular flexibility index (Phi) is 4.15. The smallest absolute Gasteiger partial charge is 0.158 e. The second-order valence-electron chi connectivity index (χ2n) is 6.37. The average Bonchev–Trinajstić information content (AvgIpc) is 3.01. The molecule has 4 rings (SSSR count). The summed E-state index contributed by atoms with van der Waals surface area (Å²) in [5, 5.41) is 24.7. The Morgan fingerprint density at radius 1 is 1.24 bits per heavy atom. The van der Waals surface area contributed by atoms with Gasteiger partial charge in [-0.3, -0.25) is 4.98 Å². The van der Waals surface area contributed by atoms with Crippen molar-refractivity contribution in [2.24, 2.45) is 0 Å². The number of anilines is 1. The largest absolute Gasteiger partial charge is 0.507 e. The third-order valence-corrected chi connectivity index (χ3v) is 4.76. The predicted molar refractivity (Wildman–Crippen MR) is 99.0 cm³/mol. The number of pyridine rings is 1. The van der Waals surface area contributed by atoms with Gasteiger partial charge in [0.2, 0.25) is 0 Å². The molecule has 0 radical (unpaired) electrons. The summed E-state index contributed by atoms with van der Waals surface area (Å²) >= 11 is 5.93. The Morgan fingerprint density at radius 3 is 2.88 bits per heavy atom. The first kappa shape index (κ1) is 16.1. The van der Waals surface area contributed by atoms with Crippen LogP contribution in [0, 0.1) is 0 Å². The van der Waals surface area contributed by atoms with E-state index in [1.54, 1.807) is 24.5 Å². The first-order chi connectivity index (χ1) is 12.1. The number of benzene rings is 1. The molecular formula is C18H18ClN5O. The van der Waals surface area contributed by atoms with Gasteiger partial charge >= 0.3 is 0 Å². The van der Waals surface area contributed by atoms with Crippen LogP contribution in [-0.2, 0) is 0 Å². The lowest BCUT2D eigenvalue weighted by Gasteiger charge is -2.16. The van der Waals surface area contributed by atoms with Gasteiger partial charge in [-0.1, -0.05) is 11.6 Å². The maximum Gasteiger partial charge on any atom is 0.158 e. The Labute approximate surface area is 150 Å². The van der Waals surface area contributed by atoms with E-state index in [0.29, 0.717) is 22.3 Å². The highest BCUT2D eigenvalue weighted by Gasteiger charge is 2.21. The number of aromatic hydroxyl groups is 1. The van der Waals surface area contributed by atoms with Crippen molar-refractivity contribution >= 4 is 28.2 Å². The van der Waals surface area contributed by atoms with Gasteiger partial charge in [0.1, 0.15) is 11.4 Å². The van der Waals surface area contributed by atoms with Gasteiger partial charge in [0.25, 0.3) is 0 Å². The van der Waals surface area contributed by atoms with Gasteiger partial charge in [-0.05, 0) is 44.3 Å². The topological polar surface area (TPSA) is 74.2 Å². The molecule has 1 saturated heterocycles. The van der Waals surface area contributed by atoms with E-state index in [2.05, 4.69) is 32.4 Å². The molecule has 25 heavy (non-hydrogen) atoms. The first-order valence-corrected chi connectivity index (χ1v) is 8.54. The molecule has 3 aromatic rings. The number of fused-ring (bicyclic) bond motifs is 1. The molecule has 1 atom stereocenters. The second-order valence-corrected chi connectivity index (χ2v) is 6.81. The molecule has 1 fully saturated rings. The normalized spacial score (nSPS) is 17.9. The second kappa shape index (κ2) is 6.46. The minimum atomic E-state index is 0.0815. The maximum atomic E-state index is 10.2. The fourth-order valence-corrected chi connectivity index (χ4v) is 3.42. The number of hydrogen-bond donors (Lipinski definition) is 2. The van der Waals surface area contributed by atoms with Crippen LogP contribution in [0.2, 0.25) is 5.02 Å². The van der Waals surface area contributed by atoms with Crippen LogP contribution in [0.15, 0.2) is 36.7 Å². The van der Waals surface area contributed by atoms with E-state index in [1.165, 1.54) is 6.07 Å². The highest BCUT2D eigenvalue weighted by atomic mass is 35.5. The molecule has 1 aliphatic rings. The van der Waals surface area contributed by atoms with Gasteiger partial charge in [-0.2, -0.15) is 0 Å². The zero-order valence-corrected chi connectivity index (χ0v) is 14.5. The minimum Gasteiger partial charge on any atom is -0.507 e. The zero-order valence-electron chi connectivity index (χ0n) is 13.8. The number of likely N-dealkylation sites (tertiary alicyclic amines) is 1. The molecule has 7 heteroatoms. The number of nitrogens with zero attached hydrogens (tertiary/aromatic N) is 4. The fraction of sp³-hybridized carbons (Fsp3) is 0.278. The third-order valence-electron chi connectivity index (χ3n) is 4.53. The van der Waals surface area contributed by atoms with Gasteiger partial charge in [0.05, 0.1) is 0 Å². The van der Waals surface area contributed by atoms with Gasteiger partial charge in [0, 0.05) is 46.3 Å². The van der Waals surface area contributed by atoms with Gasteiger partial charge in [-0.25, -0.2) is 0 Å². The highest BCUT2D eigenvalue weighted by Crippen LogP contribution is 2.35. The van der Waals surface area contributed by atoms with E-state index < -0.39 is 0 Å². The number of phenolic OH excluding ortho intramolecular Hbond substituents is 1. The number of aromatic nitrogens is 3. The van der Waals surface area contributed by atoms with Crippen LogP contribution in [0.5, 0.6) is 5.75 Å². The van der Waals surface area contributed by atoms with Crippen molar-refractivity contribution in [2.75, 3.05) is 25.5 Å². The molecule has 0 unspecified atom stereocenters. The van der Waals surface area contributed by atoms with Crippen molar-refractivity contribution in [3.8, 4) is 17.0 Å². The molecule has 2 N–H and O–H groups in total. The number of nitrogens with one attached hydrogen (secondary N) is 1. The predicted octanol–water partition coefficient (Wildman–Crippen LogP) is 3.17. The highest BCUT2D eigenvalue weighted by molar-refractivity contribution is 6.30. The van der Waals surface area contributed by atoms with Crippen molar-refractivity contribution in [1.29, 1.82) is 0 Å². The van der Waals surface area contributed by atoms with Crippen molar-refractivity contribution in [2.45, 2.75) is 12.5 Å². The lowest BCUT2D eigenvalue weighted by molar-refractivity contribution is 0.414. The van der Waals surface area contributed by atoms with E-state index in [4.69, 9.17) is 11.6 Å². The fourth-order valence-electron chi connectivity index (χ4n) is 3.25. The summed E-state index contributed by atoms with van der Waals surface area (Å²) in [5.41, 5.74) is 1.21. The number of phenols is 1. The maximum absolute atomic E-state index is 10.2. The number of halogens is 1. The number of hydrogen-bond acceptors (Lipinski definition) is 6. The molecule has 0 spiro atoms. The van der Waals surface area contributed by atoms with Crippen molar-refractivity contribution < 1.29 is 5.11 Å². The SMILES string of the molecule is CN1CC[C@H](Nc2nnc(-c3ccc(Cl)cc3O)c3ccncc23)C1. The van der Waals surface area contributed by atoms with Crippen LogP contribution in [0.4, 0.5) is 5.82 Å². The minimum absolute atomic E-state index is 0.0815. The lowest BCUT2D eigenvalue weighted by atomic mass is 10.1. The van der Waals surface area contributed by atoms with E-state index in [9.17, 15) is 5.11 Å². The molecule has 3 heterocycles.